The number of tetrazole rings is 1. The predicted octanol–water partition coefficient (Wildman–Crippen LogP) is -2.56. The Hall–Kier alpha value is -1.15. The third-order valence-corrected chi connectivity index (χ3v) is 3.43. The van der Waals surface area contributed by atoms with Crippen molar-refractivity contribution in [2.24, 2.45) is 0 Å². The van der Waals surface area contributed by atoms with E-state index in [2.05, 4.69) is 29.4 Å². The number of quaternary nitrogens is 1. The van der Waals surface area contributed by atoms with Gasteiger partial charge in [-0.1, -0.05) is 11.8 Å². The van der Waals surface area contributed by atoms with Gasteiger partial charge in [-0.15, -0.1) is 5.10 Å². The third-order valence-electron chi connectivity index (χ3n) is 2.50. The van der Waals surface area contributed by atoms with Crippen LogP contribution in [-0.2, 0) is 11.3 Å². The van der Waals surface area contributed by atoms with Crippen LogP contribution in [0.5, 0.6) is 0 Å². The highest BCUT2D eigenvalue weighted by Crippen LogP contribution is 2.11. The third kappa shape index (κ3) is 4.70. The smallest absolute Gasteiger partial charge is 0.209 e. The minimum atomic E-state index is -1.11. The number of nitrogens with one attached hydrogen (secondary N) is 1. The number of nitrogens with zero attached hydrogens (tertiary/aromatic N) is 4. The van der Waals surface area contributed by atoms with Crippen molar-refractivity contribution in [1.82, 2.24) is 20.2 Å². The molecule has 0 spiro atoms. The summed E-state index contributed by atoms with van der Waals surface area (Å²) in [4.78, 5) is 11.8. The van der Waals surface area contributed by atoms with Gasteiger partial charge in [0, 0.05) is 5.75 Å². The molecule has 0 fully saturated rings. The van der Waals surface area contributed by atoms with Gasteiger partial charge in [-0.25, -0.2) is 4.68 Å². The lowest BCUT2D eigenvalue weighted by atomic mass is 10.5. The first-order valence-electron chi connectivity index (χ1n) is 5.59. The Kier molecular flexibility index (Phi) is 5.92. The Morgan fingerprint density at radius 2 is 2.18 bits per heavy atom. The fraction of sp³-hybridized carbons (Fsp3) is 0.778. The Labute approximate surface area is 104 Å². The Morgan fingerprint density at radius 3 is 2.76 bits per heavy atom. The molecule has 1 N–H and O–H groups in total. The fourth-order valence-corrected chi connectivity index (χ4v) is 2.05. The summed E-state index contributed by atoms with van der Waals surface area (Å²) in [7, 11) is 0. The van der Waals surface area contributed by atoms with E-state index in [1.807, 2.05) is 0 Å². The number of thioether (sulfide) groups is 1. The number of hydrogen-bond acceptors (Lipinski definition) is 6. The molecule has 0 amide bonds. The standard InChI is InChI=1S/C9H17N5O2S/c1-3-13(4-2)5-6-14-9(10-11-12-14)17-7-8(15)16/h3-7H2,1-2H3,(H,15,16). The van der Waals surface area contributed by atoms with Crippen molar-refractivity contribution >= 4 is 17.7 Å². The molecule has 0 aliphatic heterocycles. The Morgan fingerprint density at radius 1 is 1.47 bits per heavy atom. The first-order chi connectivity index (χ1) is 8.17. The van der Waals surface area contributed by atoms with Crippen LogP contribution in [0.2, 0.25) is 0 Å². The lowest BCUT2D eigenvalue weighted by Gasteiger charge is -2.15. The summed E-state index contributed by atoms with van der Waals surface area (Å²) in [5, 5.41) is 22.1. The van der Waals surface area contributed by atoms with Crippen molar-refractivity contribution < 1.29 is 14.8 Å². The van der Waals surface area contributed by atoms with E-state index in [0.29, 0.717) is 11.7 Å². The number of carboxylic acids is 1. The molecular formula is C9H17N5O2S. The van der Waals surface area contributed by atoms with E-state index >= 15 is 0 Å². The van der Waals surface area contributed by atoms with E-state index in [0.717, 1.165) is 31.4 Å². The lowest BCUT2D eigenvalue weighted by molar-refractivity contribution is -0.897. The van der Waals surface area contributed by atoms with Crippen molar-refractivity contribution in [2.75, 3.05) is 25.4 Å². The molecule has 1 rings (SSSR count). The van der Waals surface area contributed by atoms with Crippen molar-refractivity contribution in [3.05, 3.63) is 0 Å². The predicted molar refractivity (Wildman–Crippen MR) is 60.5 cm³/mol. The summed E-state index contributed by atoms with van der Waals surface area (Å²) in [6.07, 6.45) is 0. The highest BCUT2D eigenvalue weighted by atomic mass is 32.2. The number of carboxylic acid groups (broad SMARTS) is 1. The zero-order valence-electron chi connectivity index (χ0n) is 10.0. The molecule has 0 unspecified atom stereocenters. The quantitative estimate of drug-likeness (QED) is 0.517. The minimum Gasteiger partial charge on any atom is -0.549 e. The monoisotopic (exact) mass is 259 g/mol. The molecule has 0 bridgehead atoms. The highest BCUT2D eigenvalue weighted by Gasteiger charge is 2.09. The van der Waals surface area contributed by atoms with E-state index < -0.39 is 5.97 Å². The molecule has 0 saturated heterocycles. The van der Waals surface area contributed by atoms with Crippen LogP contribution in [0.15, 0.2) is 5.16 Å². The van der Waals surface area contributed by atoms with Crippen LogP contribution >= 0.6 is 11.8 Å². The maximum absolute atomic E-state index is 10.4. The zero-order chi connectivity index (χ0) is 12.7. The molecule has 1 aromatic rings. The average molecular weight is 259 g/mol. The van der Waals surface area contributed by atoms with E-state index in [1.54, 1.807) is 4.68 Å². The van der Waals surface area contributed by atoms with Crippen LogP contribution < -0.4 is 10.0 Å². The molecule has 0 aliphatic carbocycles. The van der Waals surface area contributed by atoms with Crippen LogP contribution in [0.4, 0.5) is 0 Å². The molecule has 1 aromatic heterocycles. The molecule has 0 radical (unpaired) electrons. The lowest BCUT2D eigenvalue weighted by Crippen LogP contribution is -3.11. The van der Waals surface area contributed by atoms with Gasteiger partial charge in [-0.3, -0.25) is 0 Å². The molecule has 0 aliphatic rings. The maximum atomic E-state index is 10.4. The second-order valence-electron chi connectivity index (χ2n) is 3.55. The number of aliphatic carboxylic acids is 1. The molecule has 0 atom stereocenters. The van der Waals surface area contributed by atoms with Gasteiger partial charge in [0.25, 0.3) is 0 Å². The van der Waals surface area contributed by atoms with Gasteiger partial charge in [-0.2, -0.15) is 0 Å². The van der Waals surface area contributed by atoms with E-state index in [-0.39, 0.29) is 5.75 Å². The number of rotatable bonds is 8. The second-order valence-corrected chi connectivity index (χ2v) is 4.49. The summed E-state index contributed by atoms with van der Waals surface area (Å²) >= 11 is 1.08. The molecular weight excluding hydrogens is 242 g/mol. The average Bonchev–Trinajstić information content (AvgIpc) is 2.75. The number of likely N-dealkylation sites (N-methyl/N-ethyl adjacent to an activating group) is 1. The summed E-state index contributed by atoms with van der Waals surface area (Å²) in [6, 6.07) is 0. The zero-order valence-corrected chi connectivity index (χ0v) is 10.9. The summed E-state index contributed by atoms with van der Waals surface area (Å²) < 4.78 is 1.64. The van der Waals surface area contributed by atoms with Gasteiger partial charge < -0.3 is 14.8 Å². The first-order valence-corrected chi connectivity index (χ1v) is 6.58. The van der Waals surface area contributed by atoms with Crippen LogP contribution in [0.1, 0.15) is 13.8 Å². The fourth-order valence-electron chi connectivity index (χ4n) is 1.43. The van der Waals surface area contributed by atoms with E-state index in [9.17, 15) is 9.90 Å². The molecule has 8 heteroatoms. The summed E-state index contributed by atoms with van der Waals surface area (Å²) in [5.74, 6) is -1.24. The van der Waals surface area contributed by atoms with Crippen LogP contribution in [0.3, 0.4) is 0 Å². The molecule has 7 nitrogen and oxygen atoms in total. The molecule has 96 valence electrons. The first kappa shape index (κ1) is 13.9. The van der Waals surface area contributed by atoms with Crippen LogP contribution in [0.25, 0.3) is 0 Å². The Bertz CT molecular complexity index is 353. The van der Waals surface area contributed by atoms with Crippen molar-refractivity contribution in [3.63, 3.8) is 0 Å². The van der Waals surface area contributed by atoms with Crippen molar-refractivity contribution in [1.29, 1.82) is 0 Å². The Balaban J connectivity index is 2.47. The van der Waals surface area contributed by atoms with E-state index in [4.69, 9.17) is 0 Å². The number of aromatic nitrogens is 4. The molecule has 0 saturated carbocycles. The number of hydrogen-bond donors (Lipinski definition) is 1. The summed E-state index contributed by atoms with van der Waals surface area (Å²) in [5.41, 5.74) is 0. The van der Waals surface area contributed by atoms with Crippen LogP contribution in [-0.4, -0.2) is 51.6 Å². The van der Waals surface area contributed by atoms with Gasteiger partial charge in [0.05, 0.1) is 32.1 Å². The second kappa shape index (κ2) is 7.23. The maximum Gasteiger partial charge on any atom is 0.209 e. The topological polar surface area (TPSA) is 88.2 Å². The molecule has 17 heavy (non-hydrogen) atoms. The van der Waals surface area contributed by atoms with Crippen LogP contribution in [0, 0.1) is 0 Å². The van der Waals surface area contributed by atoms with Gasteiger partial charge in [0.15, 0.2) is 0 Å². The number of carbonyl (C=O) groups is 1. The minimum absolute atomic E-state index is 0.126. The largest absolute Gasteiger partial charge is 0.549 e. The highest BCUT2D eigenvalue weighted by molar-refractivity contribution is 7.99. The molecule has 1 heterocycles. The number of carbonyl (C=O) groups excluding carboxylic acids is 1. The van der Waals surface area contributed by atoms with Gasteiger partial charge >= 0.3 is 0 Å². The van der Waals surface area contributed by atoms with Gasteiger partial charge in [0.2, 0.25) is 5.16 Å². The normalized spacial score (nSPS) is 11.0. The van der Waals surface area contributed by atoms with Gasteiger partial charge in [-0.05, 0) is 24.3 Å². The van der Waals surface area contributed by atoms with Gasteiger partial charge in [0.1, 0.15) is 0 Å². The van der Waals surface area contributed by atoms with Crippen molar-refractivity contribution in [2.45, 2.75) is 25.5 Å². The SMILES string of the molecule is CC[NH+](CC)CCn1nnnc1SCC(=O)[O-]. The van der Waals surface area contributed by atoms with Crippen molar-refractivity contribution in [3.8, 4) is 0 Å². The van der Waals surface area contributed by atoms with E-state index in [1.165, 1.54) is 4.90 Å². The molecule has 0 aromatic carbocycles. The summed E-state index contributed by atoms with van der Waals surface area (Å²) in [6.45, 7) is 7.99.